The van der Waals surface area contributed by atoms with Crippen LogP contribution in [-0.2, 0) is 9.47 Å². The van der Waals surface area contributed by atoms with E-state index in [0.717, 1.165) is 25.9 Å². The lowest BCUT2D eigenvalue weighted by molar-refractivity contribution is -0.184. The fraction of sp³-hybridized carbons (Fsp3) is 1.00. The summed E-state index contributed by atoms with van der Waals surface area (Å²) in [4.78, 5) is 2.69. The van der Waals surface area contributed by atoms with Gasteiger partial charge in [-0.15, -0.1) is 0 Å². The predicted molar refractivity (Wildman–Crippen MR) is 52.8 cm³/mol. The van der Waals surface area contributed by atoms with Crippen LogP contribution in [0.4, 0.5) is 0 Å². The van der Waals surface area contributed by atoms with Crippen LogP contribution in [0.5, 0.6) is 0 Å². The highest BCUT2D eigenvalue weighted by Gasteiger charge is 2.16. The average Bonchev–Trinajstić information content (AvgIpc) is 2.20. The van der Waals surface area contributed by atoms with Crippen molar-refractivity contribution in [2.75, 3.05) is 13.2 Å². The van der Waals surface area contributed by atoms with Crippen LogP contribution >= 0.6 is 0 Å². The molecule has 5 nitrogen and oxygen atoms in total. The van der Waals surface area contributed by atoms with E-state index in [1.807, 2.05) is 6.92 Å². The Labute approximate surface area is 84.0 Å². The van der Waals surface area contributed by atoms with Crippen molar-refractivity contribution in [2.24, 2.45) is 5.11 Å². The largest absolute Gasteiger partial charge is 0.353 e. The third-order valence-corrected chi connectivity index (χ3v) is 2.22. The molecule has 0 radical (unpaired) electrons. The molecule has 0 aromatic carbocycles. The van der Waals surface area contributed by atoms with Crippen LogP contribution in [0, 0.1) is 0 Å². The molecular weight excluding hydrogens is 182 g/mol. The fourth-order valence-electron chi connectivity index (χ4n) is 1.43. The van der Waals surface area contributed by atoms with E-state index in [2.05, 4.69) is 10.0 Å². The molecule has 14 heavy (non-hydrogen) atoms. The number of rotatable bonds is 5. The van der Waals surface area contributed by atoms with Crippen LogP contribution in [0.25, 0.3) is 10.4 Å². The Bertz CT molecular complexity index is 198. The van der Waals surface area contributed by atoms with Crippen molar-refractivity contribution in [3.8, 4) is 0 Å². The van der Waals surface area contributed by atoms with E-state index in [4.69, 9.17) is 15.0 Å². The summed E-state index contributed by atoms with van der Waals surface area (Å²) < 4.78 is 11.1. The van der Waals surface area contributed by atoms with Crippen molar-refractivity contribution in [3.63, 3.8) is 0 Å². The Morgan fingerprint density at radius 2 is 2.50 bits per heavy atom. The molecule has 0 aromatic rings. The van der Waals surface area contributed by atoms with E-state index < -0.39 is 0 Å². The van der Waals surface area contributed by atoms with Gasteiger partial charge in [-0.2, -0.15) is 0 Å². The number of hydrogen-bond donors (Lipinski definition) is 0. The lowest BCUT2D eigenvalue weighted by Crippen LogP contribution is -2.26. The quantitative estimate of drug-likeness (QED) is 0.388. The second kappa shape index (κ2) is 6.65. The Kier molecular flexibility index (Phi) is 5.37. The number of hydrogen-bond acceptors (Lipinski definition) is 3. The van der Waals surface area contributed by atoms with Crippen molar-refractivity contribution >= 4 is 0 Å². The molecule has 1 saturated heterocycles. The molecule has 0 bridgehead atoms. The SMILES string of the molecule is C[C@H](CCN=[N+]=[N-])O[C@H]1CCCCO1. The van der Waals surface area contributed by atoms with Crippen LogP contribution < -0.4 is 0 Å². The topological polar surface area (TPSA) is 67.2 Å². The van der Waals surface area contributed by atoms with E-state index in [9.17, 15) is 0 Å². The fourth-order valence-corrected chi connectivity index (χ4v) is 1.43. The molecule has 1 rings (SSSR count). The summed E-state index contributed by atoms with van der Waals surface area (Å²) in [5.41, 5.74) is 8.09. The van der Waals surface area contributed by atoms with E-state index >= 15 is 0 Å². The van der Waals surface area contributed by atoms with Crippen LogP contribution in [0.15, 0.2) is 5.11 Å². The van der Waals surface area contributed by atoms with Gasteiger partial charge in [0.15, 0.2) is 6.29 Å². The first-order valence-corrected chi connectivity index (χ1v) is 5.11. The molecule has 1 aliphatic rings. The summed E-state index contributed by atoms with van der Waals surface area (Å²) in [6.45, 7) is 3.27. The third-order valence-electron chi connectivity index (χ3n) is 2.22. The van der Waals surface area contributed by atoms with Crippen molar-refractivity contribution in [1.82, 2.24) is 0 Å². The zero-order valence-corrected chi connectivity index (χ0v) is 8.56. The van der Waals surface area contributed by atoms with E-state index in [1.165, 1.54) is 6.42 Å². The molecule has 0 aromatic heterocycles. The van der Waals surface area contributed by atoms with Gasteiger partial charge in [-0.25, -0.2) is 0 Å². The molecule has 1 heterocycles. The van der Waals surface area contributed by atoms with Crippen LogP contribution in [0.1, 0.15) is 32.6 Å². The maximum atomic E-state index is 8.09. The third kappa shape index (κ3) is 4.46. The van der Waals surface area contributed by atoms with Gasteiger partial charge in [0.2, 0.25) is 0 Å². The first-order chi connectivity index (χ1) is 6.83. The molecule has 80 valence electrons. The number of nitrogens with zero attached hydrogens (tertiary/aromatic N) is 3. The molecule has 0 aliphatic carbocycles. The summed E-state index contributed by atoms with van der Waals surface area (Å²) in [5.74, 6) is 0. The van der Waals surface area contributed by atoms with Gasteiger partial charge in [0.05, 0.1) is 6.10 Å². The molecule has 1 aliphatic heterocycles. The minimum Gasteiger partial charge on any atom is -0.353 e. The Balaban J connectivity index is 2.11. The van der Waals surface area contributed by atoms with Crippen LogP contribution in [-0.4, -0.2) is 25.5 Å². The monoisotopic (exact) mass is 199 g/mol. The first kappa shape index (κ1) is 11.3. The second-order valence-corrected chi connectivity index (χ2v) is 3.49. The summed E-state index contributed by atoms with van der Waals surface area (Å²) in [6, 6.07) is 0. The Morgan fingerprint density at radius 1 is 1.64 bits per heavy atom. The number of azide groups is 1. The van der Waals surface area contributed by atoms with E-state index in [0.29, 0.717) is 6.54 Å². The molecule has 0 amide bonds. The van der Waals surface area contributed by atoms with Gasteiger partial charge in [0.1, 0.15) is 0 Å². The van der Waals surface area contributed by atoms with Gasteiger partial charge in [-0.05, 0) is 38.1 Å². The highest BCUT2D eigenvalue weighted by molar-refractivity contribution is 4.59. The Hall–Kier alpha value is -0.770. The molecular formula is C9H17N3O2. The number of ether oxygens (including phenoxy) is 2. The molecule has 0 spiro atoms. The van der Waals surface area contributed by atoms with Gasteiger partial charge in [-0.3, -0.25) is 0 Å². The molecule has 5 heteroatoms. The van der Waals surface area contributed by atoms with Crippen molar-refractivity contribution in [3.05, 3.63) is 10.4 Å². The van der Waals surface area contributed by atoms with Gasteiger partial charge in [0, 0.05) is 18.1 Å². The minimum absolute atomic E-state index is 0.0511. The highest BCUT2D eigenvalue weighted by atomic mass is 16.7. The molecule has 1 fully saturated rings. The molecule has 0 N–H and O–H groups in total. The van der Waals surface area contributed by atoms with Gasteiger partial charge in [0.25, 0.3) is 0 Å². The maximum absolute atomic E-state index is 8.09. The van der Waals surface area contributed by atoms with Crippen LogP contribution in [0.3, 0.4) is 0 Å². The van der Waals surface area contributed by atoms with Crippen LogP contribution in [0.2, 0.25) is 0 Å². The van der Waals surface area contributed by atoms with Gasteiger partial charge >= 0.3 is 0 Å². The minimum atomic E-state index is -0.0511. The zero-order valence-electron chi connectivity index (χ0n) is 8.56. The van der Waals surface area contributed by atoms with Crippen molar-refractivity contribution in [1.29, 1.82) is 0 Å². The van der Waals surface area contributed by atoms with Gasteiger partial charge < -0.3 is 9.47 Å². The highest BCUT2D eigenvalue weighted by Crippen LogP contribution is 2.16. The normalized spacial score (nSPS) is 23.9. The average molecular weight is 199 g/mol. The maximum Gasteiger partial charge on any atom is 0.157 e. The molecule has 0 unspecified atom stereocenters. The molecule has 0 saturated carbocycles. The standard InChI is InChI=1S/C9H17N3O2/c1-8(5-6-11-12-10)14-9-4-2-3-7-13-9/h8-9H,2-7H2,1H3/t8-,9+/m1/s1. The van der Waals surface area contributed by atoms with E-state index in [-0.39, 0.29) is 12.4 Å². The summed E-state index contributed by atoms with van der Waals surface area (Å²) in [6.07, 6.45) is 4.09. The van der Waals surface area contributed by atoms with Crippen molar-refractivity contribution < 1.29 is 9.47 Å². The summed E-state index contributed by atoms with van der Waals surface area (Å²) in [5, 5.41) is 3.46. The first-order valence-electron chi connectivity index (χ1n) is 5.11. The smallest absolute Gasteiger partial charge is 0.157 e. The second-order valence-electron chi connectivity index (χ2n) is 3.49. The predicted octanol–water partition coefficient (Wildman–Crippen LogP) is 2.62. The summed E-state index contributed by atoms with van der Waals surface area (Å²) in [7, 11) is 0. The Morgan fingerprint density at radius 3 is 3.14 bits per heavy atom. The van der Waals surface area contributed by atoms with E-state index in [1.54, 1.807) is 0 Å². The lowest BCUT2D eigenvalue weighted by Gasteiger charge is -2.25. The van der Waals surface area contributed by atoms with Crippen molar-refractivity contribution in [2.45, 2.75) is 45.0 Å². The zero-order chi connectivity index (χ0) is 10.2. The molecule has 2 atom stereocenters. The lowest BCUT2D eigenvalue weighted by atomic mass is 10.2. The summed E-state index contributed by atoms with van der Waals surface area (Å²) >= 11 is 0. The van der Waals surface area contributed by atoms with Gasteiger partial charge in [-0.1, -0.05) is 5.11 Å².